The fourth-order valence-corrected chi connectivity index (χ4v) is 5.85. The molecule has 2 aromatic carbocycles. The summed E-state index contributed by atoms with van der Waals surface area (Å²) in [5.74, 6) is -0.818. The van der Waals surface area contributed by atoms with Gasteiger partial charge < -0.3 is 19.9 Å². The molecule has 36 heavy (non-hydrogen) atoms. The molecule has 1 aliphatic rings. The number of nitrogens with zero attached hydrogens (tertiary/aromatic N) is 3. The lowest BCUT2D eigenvalue weighted by Gasteiger charge is -2.36. The number of hydrogen-bond acceptors (Lipinski definition) is 8. The van der Waals surface area contributed by atoms with Crippen LogP contribution in [0.25, 0.3) is 21.9 Å². The molecule has 2 unspecified atom stereocenters. The highest BCUT2D eigenvalue weighted by Gasteiger charge is 2.37. The fraction of sp³-hybridized carbons (Fsp3) is 0.304. The highest BCUT2D eigenvalue weighted by atomic mass is 31.2. The minimum Gasteiger partial charge on any atom is -0.480 e. The Bertz CT molecular complexity index is 1540. The van der Waals surface area contributed by atoms with Gasteiger partial charge in [-0.3, -0.25) is 19.1 Å². The first-order chi connectivity index (χ1) is 17.2. The van der Waals surface area contributed by atoms with Gasteiger partial charge in [-0.05, 0) is 37.1 Å². The Kier molecular flexibility index (Phi) is 6.25. The van der Waals surface area contributed by atoms with Crippen LogP contribution >= 0.6 is 7.75 Å². The maximum absolute atomic E-state index is 13.6. The number of carboxylic acid groups (broad SMARTS) is 1. The molecule has 5 N–H and O–H groups in total. The van der Waals surface area contributed by atoms with Crippen molar-refractivity contribution in [3.63, 3.8) is 0 Å². The van der Waals surface area contributed by atoms with Crippen LogP contribution in [-0.2, 0) is 13.9 Å². The van der Waals surface area contributed by atoms with Gasteiger partial charge in [-0.15, -0.1) is 0 Å². The summed E-state index contributed by atoms with van der Waals surface area (Å²) >= 11 is 0. The van der Waals surface area contributed by atoms with Gasteiger partial charge in [0.15, 0.2) is 11.2 Å². The maximum atomic E-state index is 13.6. The number of nitrogens with one attached hydrogen (secondary N) is 2. The summed E-state index contributed by atoms with van der Waals surface area (Å²) in [4.78, 5) is 34.2. The van der Waals surface area contributed by atoms with E-state index in [9.17, 15) is 19.3 Å². The summed E-state index contributed by atoms with van der Waals surface area (Å²) < 4.78 is 27.0. The van der Waals surface area contributed by atoms with Gasteiger partial charge in [0.1, 0.15) is 11.8 Å². The van der Waals surface area contributed by atoms with E-state index in [1.807, 2.05) is 30.3 Å². The minimum absolute atomic E-state index is 0.0126. The van der Waals surface area contributed by atoms with Crippen LogP contribution in [0.15, 0.2) is 53.6 Å². The molecule has 0 aliphatic heterocycles. The number of imidazole rings is 1. The third-order valence-corrected chi connectivity index (χ3v) is 7.85. The smallest absolute Gasteiger partial charge is 0.459 e. The Morgan fingerprint density at radius 2 is 2.06 bits per heavy atom. The molecule has 0 saturated heterocycles. The number of hydrogen-bond donors (Lipinski definition) is 4. The first-order valence-electron chi connectivity index (χ1n) is 11.4. The number of benzene rings is 2. The Balaban J connectivity index is 1.30. The topological polar surface area (TPSA) is 174 Å². The quantitative estimate of drug-likeness (QED) is 0.244. The van der Waals surface area contributed by atoms with Gasteiger partial charge >= 0.3 is 13.7 Å². The molecular weight excluding hydrogens is 487 g/mol. The van der Waals surface area contributed by atoms with Crippen molar-refractivity contribution in [3.8, 4) is 5.75 Å². The third-order valence-electron chi connectivity index (χ3n) is 6.23. The van der Waals surface area contributed by atoms with Crippen molar-refractivity contribution in [3.05, 3.63) is 59.1 Å². The van der Waals surface area contributed by atoms with Crippen molar-refractivity contribution in [2.24, 2.45) is 5.92 Å². The van der Waals surface area contributed by atoms with Gasteiger partial charge in [-0.2, -0.15) is 10.1 Å². The average Bonchev–Trinajstić information content (AvgIpc) is 3.22. The predicted molar refractivity (Wildman–Crippen MR) is 133 cm³/mol. The first kappa shape index (κ1) is 24.0. The largest absolute Gasteiger partial charge is 0.480 e. The summed E-state index contributed by atoms with van der Waals surface area (Å²) in [5.41, 5.74) is 5.89. The summed E-state index contributed by atoms with van der Waals surface area (Å²) in [6.45, 7) is 1.45. The second-order valence-electron chi connectivity index (χ2n) is 8.82. The molecule has 12 nitrogen and oxygen atoms in total. The Hall–Kier alpha value is -3.73. The van der Waals surface area contributed by atoms with Crippen LogP contribution in [0.4, 0.5) is 5.95 Å². The van der Waals surface area contributed by atoms with Gasteiger partial charge in [0.05, 0.1) is 12.9 Å². The van der Waals surface area contributed by atoms with Crippen LogP contribution in [0.5, 0.6) is 5.75 Å². The lowest BCUT2D eigenvalue weighted by molar-refractivity contribution is -0.138. The summed E-state index contributed by atoms with van der Waals surface area (Å²) in [6.07, 6.45) is 2.86. The molecule has 1 aliphatic carbocycles. The number of rotatable bonds is 9. The molecule has 188 valence electrons. The lowest BCUT2D eigenvalue weighted by Crippen LogP contribution is -2.35. The number of aromatic amines is 1. The Morgan fingerprint density at radius 1 is 1.31 bits per heavy atom. The number of fused-ring (bicyclic) bond motifs is 2. The summed E-state index contributed by atoms with van der Waals surface area (Å²) in [5, 5.41) is 13.5. The molecule has 13 heteroatoms. The standard InChI is InChI=1S/C23H25N6O6P/c1-13(22(31)32)28-36(33,35-18-8-4-6-15-5-2-3-7-17(15)18)34-11-14-9-16(10-14)29-12-25-19-20(29)26-23(24)27-21(19)30/h2-8,12-14,16H,9-11H2,1H3,(H,28,33)(H,31,32)(H3,24,26,27,30)/t13?,14-,16+,36?. The molecule has 2 aromatic heterocycles. The van der Waals surface area contributed by atoms with Crippen LogP contribution < -0.4 is 20.9 Å². The molecule has 0 amide bonds. The maximum Gasteiger partial charge on any atom is 0.459 e. The van der Waals surface area contributed by atoms with E-state index in [0.717, 1.165) is 10.8 Å². The fourth-order valence-electron chi connectivity index (χ4n) is 4.26. The van der Waals surface area contributed by atoms with Crippen LogP contribution in [0.2, 0.25) is 0 Å². The monoisotopic (exact) mass is 512 g/mol. The van der Waals surface area contributed by atoms with E-state index < -0.39 is 25.3 Å². The average molecular weight is 512 g/mol. The van der Waals surface area contributed by atoms with Gasteiger partial charge in [0.2, 0.25) is 5.95 Å². The highest BCUT2D eigenvalue weighted by molar-refractivity contribution is 7.52. The van der Waals surface area contributed by atoms with Crippen molar-refractivity contribution >= 4 is 41.6 Å². The molecule has 0 spiro atoms. The Morgan fingerprint density at radius 3 is 2.83 bits per heavy atom. The molecule has 0 radical (unpaired) electrons. The molecule has 1 saturated carbocycles. The van der Waals surface area contributed by atoms with E-state index >= 15 is 0 Å². The number of anilines is 1. The molecular formula is C23H25N6O6P. The van der Waals surface area contributed by atoms with Crippen LogP contribution in [-0.4, -0.2) is 43.2 Å². The van der Waals surface area contributed by atoms with Crippen molar-refractivity contribution in [1.82, 2.24) is 24.6 Å². The zero-order valence-electron chi connectivity index (χ0n) is 19.3. The van der Waals surface area contributed by atoms with E-state index in [-0.39, 0.29) is 30.0 Å². The van der Waals surface area contributed by atoms with Crippen molar-refractivity contribution in [1.29, 1.82) is 0 Å². The van der Waals surface area contributed by atoms with Gasteiger partial charge in [-0.1, -0.05) is 36.4 Å². The minimum atomic E-state index is -4.05. The number of H-pyrrole nitrogens is 1. The molecule has 0 bridgehead atoms. The normalized spacial score (nSPS) is 20.0. The number of aliphatic carboxylic acids is 1. The van der Waals surface area contributed by atoms with Gasteiger partial charge in [0.25, 0.3) is 5.56 Å². The summed E-state index contributed by atoms with van der Waals surface area (Å²) in [6, 6.07) is 11.6. The third kappa shape index (κ3) is 4.70. The van der Waals surface area contributed by atoms with Crippen molar-refractivity contribution in [2.45, 2.75) is 31.8 Å². The molecule has 5 rings (SSSR count). The number of nitrogens with two attached hydrogens (primary N) is 1. The zero-order chi connectivity index (χ0) is 25.4. The van der Waals surface area contributed by atoms with Crippen molar-refractivity contribution in [2.75, 3.05) is 12.3 Å². The molecule has 4 aromatic rings. The first-order valence-corrected chi connectivity index (χ1v) is 12.9. The number of carboxylic acids is 1. The lowest BCUT2D eigenvalue weighted by atomic mass is 9.81. The van der Waals surface area contributed by atoms with Gasteiger partial charge in [0, 0.05) is 11.4 Å². The van der Waals surface area contributed by atoms with Crippen LogP contribution in [0, 0.1) is 5.92 Å². The second kappa shape index (κ2) is 9.38. The summed E-state index contributed by atoms with van der Waals surface area (Å²) in [7, 11) is -4.05. The molecule has 1 fully saturated rings. The zero-order valence-corrected chi connectivity index (χ0v) is 20.2. The van der Waals surface area contributed by atoms with Gasteiger partial charge in [-0.25, -0.2) is 9.55 Å². The van der Waals surface area contributed by atoms with E-state index in [1.165, 1.54) is 6.92 Å². The SMILES string of the molecule is CC(NP(=O)(OC[C@H]1C[C@@H](n2cnc3c(=O)[nH]c(N)nc32)C1)Oc1cccc2ccccc12)C(=O)O. The molecule has 2 atom stereocenters. The highest BCUT2D eigenvalue weighted by Crippen LogP contribution is 2.49. The van der Waals surface area contributed by atoms with Crippen molar-refractivity contribution < 1.29 is 23.5 Å². The van der Waals surface area contributed by atoms with E-state index in [4.69, 9.17) is 14.8 Å². The Labute approximate surface area is 205 Å². The number of aromatic nitrogens is 4. The number of nitrogen functional groups attached to an aromatic ring is 1. The van der Waals surface area contributed by atoms with E-state index in [0.29, 0.717) is 24.2 Å². The van der Waals surface area contributed by atoms with Crippen LogP contribution in [0.3, 0.4) is 0 Å². The number of carbonyl (C=O) groups is 1. The van der Waals surface area contributed by atoms with Crippen LogP contribution in [0.1, 0.15) is 25.8 Å². The van der Waals surface area contributed by atoms with E-state index in [2.05, 4.69) is 20.0 Å². The molecule has 2 heterocycles. The second-order valence-corrected chi connectivity index (χ2v) is 10.5. The predicted octanol–water partition coefficient (Wildman–Crippen LogP) is 3.07. The van der Waals surface area contributed by atoms with E-state index in [1.54, 1.807) is 23.0 Å².